The van der Waals surface area contributed by atoms with Crippen molar-refractivity contribution in [2.75, 3.05) is 16.8 Å². The van der Waals surface area contributed by atoms with Gasteiger partial charge in [-0.1, -0.05) is 48.9 Å². The molecule has 0 bridgehead atoms. The Hall–Kier alpha value is -4.10. The van der Waals surface area contributed by atoms with E-state index in [-0.39, 0.29) is 22.1 Å². The molecule has 1 heterocycles. The van der Waals surface area contributed by atoms with Gasteiger partial charge in [-0.25, -0.2) is 0 Å². The van der Waals surface area contributed by atoms with Gasteiger partial charge < -0.3 is 15.2 Å². The minimum Gasteiger partial charge on any atom is -0.507 e. The molecule has 0 aliphatic carbocycles. The first-order valence-corrected chi connectivity index (χ1v) is 12.3. The summed E-state index contributed by atoms with van der Waals surface area (Å²) in [6, 6.07) is 18.0. The van der Waals surface area contributed by atoms with Crippen molar-refractivity contribution in [3.05, 3.63) is 94.0 Å². The van der Waals surface area contributed by atoms with Crippen molar-refractivity contribution >= 4 is 46.3 Å². The van der Waals surface area contributed by atoms with Crippen molar-refractivity contribution in [1.82, 2.24) is 0 Å². The minimum absolute atomic E-state index is 0.0882. The van der Waals surface area contributed by atoms with Crippen molar-refractivity contribution in [2.45, 2.75) is 33.2 Å². The quantitative estimate of drug-likeness (QED) is 0.231. The van der Waals surface area contributed by atoms with E-state index in [9.17, 15) is 19.5 Å². The molecule has 1 atom stereocenters. The van der Waals surface area contributed by atoms with Crippen LogP contribution in [0.2, 0.25) is 5.02 Å². The first-order chi connectivity index (χ1) is 17.7. The number of nitrogens with one attached hydrogen (secondary N) is 1. The maximum Gasteiger partial charge on any atom is 0.300 e. The van der Waals surface area contributed by atoms with Gasteiger partial charge >= 0.3 is 0 Å². The molecule has 0 spiro atoms. The van der Waals surface area contributed by atoms with Crippen LogP contribution in [0.15, 0.2) is 72.3 Å². The van der Waals surface area contributed by atoms with E-state index in [1.54, 1.807) is 42.5 Å². The van der Waals surface area contributed by atoms with E-state index in [1.807, 2.05) is 38.1 Å². The Morgan fingerprint density at radius 1 is 1.05 bits per heavy atom. The zero-order valence-corrected chi connectivity index (χ0v) is 21.5. The summed E-state index contributed by atoms with van der Waals surface area (Å²) < 4.78 is 5.55. The van der Waals surface area contributed by atoms with Gasteiger partial charge in [-0.2, -0.15) is 0 Å². The van der Waals surface area contributed by atoms with Crippen LogP contribution < -0.4 is 15.0 Å². The molecule has 1 saturated heterocycles. The molecule has 0 radical (unpaired) electrons. The number of benzene rings is 3. The summed E-state index contributed by atoms with van der Waals surface area (Å²) in [6.45, 7) is 5.64. The fraction of sp³-hybridized carbons (Fsp3) is 0.207. The average molecular weight is 519 g/mol. The van der Waals surface area contributed by atoms with Gasteiger partial charge in [0, 0.05) is 23.9 Å². The number of carbonyl (C=O) groups excluding carboxylic acids is 3. The van der Waals surface area contributed by atoms with Gasteiger partial charge in [0.1, 0.15) is 11.5 Å². The smallest absolute Gasteiger partial charge is 0.300 e. The lowest BCUT2D eigenvalue weighted by Gasteiger charge is -2.26. The predicted octanol–water partition coefficient (Wildman–Crippen LogP) is 5.89. The van der Waals surface area contributed by atoms with Crippen molar-refractivity contribution in [3.63, 3.8) is 0 Å². The van der Waals surface area contributed by atoms with Gasteiger partial charge in [-0.15, -0.1) is 0 Å². The number of ether oxygens (including phenoxy) is 1. The number of halogens is 1. The maximum atomic E-state index is 13.4. The molecule has 2 N–H and O–H groups in total. The number of aliphatic hydroxyl groups excluding tert-OH is 1. The molecule has 1 unspecified atom stereocenters. The molecule has 4 rings (SSSR count). The van der Waals surface area contributed by atoms with Crippen LogP contribution >= 0.6 is 11.6 Å². The molecule has 1 aliphatic rings. The lowest BCUT2D eigenvalue weighted by Crippen LogP contribution is -2.29. The lowest BCUT2D eigenvalue weighted by molar-refractivity contribution is -0.132. The third-order valence-corrected chi connectivity index (χ3v) is 6.43. The Balaban J connectivity index is 1.93. The Morgan fingerprint density at radius 3 is 2.43 bits per heavy atom. The standard InChI is InChI=1S/C29H27ClN2O5/c1-4-18-9-11-19(12-10-18)26-25(27(34)23-16-22(37-5-2)13-14-24(23)30)28(35)29(36)32(26)21-8-6-7-20(15-21)31-17(3)33/h6-16,26,34H,4-5H2,1-3H3,(H,31,33)/b27-25+. The Labute approximate surface area is 220 Å². The summed E-state index contributed by atoms with van der Waals surface area (Å²) in [7, 11) is 0. The minimum atomic E-state index is -0.926. The van der Waals surface area contributed by atoms with E-state index >= 15 is 0 Å². The molecule has 3 aromatic rings. The molecular weight excluding hydrogens is 492 g/mol. The van der Waals surface area contributed by atoms with Crippen LogP contribution in [0.4, 0.5) is 11.4 Å². The fourth-order valence-electron chi connectivity index (χ4n) is 4.37. The molecule has 0 aromatic heterocycles. The summed E-state index contributed by atoms with van der Waals surface area (Å²) in [5.74, 6) is -1.84. The highest BCUT2D eigenvalue weighted by Gasteiger charge is 2.47. The van der Waals surface area contributed by atoms with Crippen molar-refractivity contribution in [2.24, 2.45) is 0 Å². The number of hydrogen-bond donors (Lipinski definition) is 2. The number of Topliss-reactive ketones (excluding diaryl/α,β-unsaturated/α-hetero) is 1. The van der Waals surface area contributed by atoms with Crippen LogP contribution in [-0.4, -0.2) is 29.3 Å². The van der Waals surface area contributed by atoms with Gasteiger partial charge in [0.2, 0.25) is 5.91 Å². The molecule has 0 saturated carbocycles. The number of aryl methyl sites for hydroxylation is 1. The zero-order chi connectivity index (χ0) is 26.7. The molecule has 8 heteroatoms. The number of ketones is 1. The Morgan fingerprint density at radius 2 is 1.78 bits per heavy atom. The van der Waals surface area contributed by atoms with Crippen molar-refractivity contribution in [1.29, 1.82) is 0 Å². The molecule has 37 heavy (non-hydrogen) atoms. The SMILES string of the molecule is CCOc1ccc(Cl)c(/C(O)=C2\C(=O)C(=O)N(c3cccc(NC(C)=O)c3)C2c2ccc(CC)cc2)c1. The van der Waals surface area contributed by atoms with Gasteiger partial charge in [0.15, 0.2) is 0 Å². The number of hydrogen-bond acceptors (Lipinski definition) is 5. The van der Waals surface area contributed by atoms with E-state index in [2.05, 4.69) is 5.32 Å². The van der Waals surface area contributed by atoms with E-state index in [4.69, 9.17) is 16.3 Å². The van der Waals surface area contributed by atoms with E-state index < -0.39 is 23.5 Å². The normalized spacial score (nSPS) is 16.6. The van der Waals surface area contributed by atoms with E-state index in [0.29, 0.717) is 29.3 Å². The average Bonchev–Trinajstić information content (AvgIpc) is 3.15. The third kappa shape index (κ3) is 5.22. The number of anilines is 2. The van der Waals surface area contributed by atoms with Gasteiger partial charge in [-0.05, 0) is 60.9 Å². The van der Waals surface area contributed by atoms with Crippen molar-refractivity contribution < 1.29 is 24.2 Å². The van der Waals surface area contributed by atoms with Gasteiger partial charge in [0.25, 0.3) is 11.7 Å². The number of aliphatic hydroxyl groups is 1. The summed E-state index contributed by atoms with van der Waals surface area (Å²) in [6.07, 6.45) is 0.819. The van der Waals surface area contributed by atoms with Crippen LogP contribution in [-0.2, 0) is 20.8 Å². The predicted molar refractivity (Wildman–Crippen MR) is 144 cm³/mol. The van der Waals surface area contributed by atoms with Crippen LogP contribution in [0.25, 0.3) is 5.76 Å². The van der Waals surface area contributed by atoms with E-state index in [0.717, 1.165) is 12.0 Å². The molecular formula is C29H27ClN2O5. The molecule has 1 aliphatic heterocycles. The summed E-state index contributed by atoms with van der Waals surface area (Å²) in [5, 5.41) is 14.3. The monoisotopic (exact) mass is 518 g/mol. The summed E-state index contributed by atoms with van der Waals surface area (Å²) in [4.78, 5) is 39.8. The van der Waals surface area contributed by atoms with Crippen molar-refractivity contribution in [3.8, 4) is 5.75 Å². The molecule has 1 fully saturated rings. The molecule has 190 valence electrons. The molecule has 7 nitrogen and oxygen atoms in total. The van der Waals surface area contributed by atoms with Crippen LogP contribution in [0.5, 0.6) is 5.75 Å². The number of nitrogens with zero attached hydrogens (tertiary/aromatic N) is 1. The summed E-state index contributed by atoms with van der Waals surface area (Å²) >= 11 is 6.41. The number of amides is 2. The third-order valence-electron chi connectivity index (χ3n) is 6.10. The van der Waals surface area contributed by atoms with Crippen LogP contribution in [0.1, 0.15) is 43.5 Å². The zero-order valence-electron chi connectivity index (χ0n) is 20.7. The Kier molecular flexibility index (Phi) is 7.64. The first kappa shape index (κ1) is 26.0. The highest BCUT2D eigenvalue weighted by Crippen LogP contribution is 2.43. The van der Waals surface area contributed by atoms with Gasteiger partial charge in [-0.3, -0.25) is 19.3 Å². The van der Waals surface area contributed by atoms with Gasteiger partial charge in [0.05, 0.1) is 23.2 Å². The Bertz CT molecular complexity index is 1400. The second-order valence-electron chi connectivity index (χ2n) is 8.57. The highest BCUT2D eigenvalue weighted by atomic mass is 35.5. The second-order valence-corrected chi connectivity index (χ2v) is 8.98. The molecule has 2 amide bonds. The number of carbonyl (C=O) groups is 3. The maximum absolute atomic E-state index is 13.4. The fourth-order valence-corrected chi connectivity index (χ4v) is 4.58. The highest BCUT2D eigenvalue weighted by molar-refractivity contribution is 6.52. The lowest BCUT2D eigenvalue weighted by atomic mass is 9.94. The topological polar surface area (TPSA) is 95.9 Å². The van der Waals surface area contributed by atoms with Crippen LogP contribution in [0.3, 0.4) is 0 Å². The molecule has 3 aromatic carbocycles. The number of rotatable bonds is 7. The first-order valence-electron chi connectivity index (χ1n) is 11.9. The van der Waals surface area contributed by atoms with Crippen LogP contribution in [0, 0.1) is 0 Å². The second kappa shape index (κ2) is 10.9. The van der Waals surface area contributed by atoms with E-state index in [1.165, 1.54) is 11.8 Å². The summed E-state index contributed by atoms with van der Waals surface area (Å²) in [5.41, 5.74) is 2.69. The largest absolute Gasteiger partial charge is 0.507 e.